The third-order valence-electron chi connectivity index (χ3n) is 3.50. The SMILES string of the molecule is CCCCP(Cl)(C=C=O)(CCCC)CCCC. The van der Waals surface area contributed by atoms with Gasteiger partial charge in [-0.1, -0.05) is 0 Å². The van der Waals surface area contributed by atoms with Crippen molar-refractivity contribution in [2.45, 2.75) is 59.3 Å². The Kier molecular flexibility index (Phi) is 8.39. The van der Waals surface area contributed by atoms with Crippen LogP contribution in [0.5, 0.6) is 0 Å². The maximum atomic E-state index is 10.9. The summed E-state index contributed by atoms with van der Waals surface area (Å²) in [5, 5.41) is 0. The van der Waals surface area contributed by atoms with Gasteiger partial charge in [0, 0.05) is 0 Å². The molecule has 17 heavy (non-hydrogen) atoms. The molecule has 0 rings (SSSR count). The van der Waals surface area contributed by atoms with Crippen LogP contribution in [-0.4, -0.2) is 24.4 Å². The van der Waals surface area contributed by atoms with Crippen LogP contribution in [0, 0.1) is 0 Å². The third kappa shape index (κ3) is 6.05. The summed E-state index contributed by atoms with van der Waals surface area (Å²) in [6.45, 7) is 6.55. The van der Waals surface area contributed by atoms with Gasteiger partial charge in [-0.25, -0.2) is 0 Å². The number of unbranched alkanes of at least 4 members (excludes halogenated alkanes) is 3. The van der Waals surface area contributed by atoms with Crippen LogP contribution in [-0.2, 0) is 4.79 Å². The van der Waals surface area contributed by atoms with Gasteiger partial charge in [0.05, 0.1) is 0 Å². The standard InChI is InChI=1S/C14H28ClOP/c1-4-7-11-17(15,14-10-16,12-8-5-2)13-9-6-3/h14H,4-9,11-13H2,1-3H3. The predicted molar refractivity (Wildman–Crippen MR) is 82.4 cm³/mol. The first kappa shape index (κ1) is 17.2. The first-order valence-corrected chi connectivity index (χ1v) is 10.8. The fourth-order valence-electron chi connectivity index (χ4n) is 2.26. The van der Waals surface area contributed by atoms with Gasteiger partial charge in [0.2, 0.25) is 0 Å². The van der Waals surface area contributed by atoms with Crippen LogP contribution in [0.15, 0.2) is 5.82 Å². The Morgan fingerprint density at radius 1 is 0.941 bits per heavy atom. The second kappa shape index (κ2) is 8.30. The molecule has 0 unspecified atom stereocenters. The van der Waals surface area contributed by atoms with Crippen molar-refractivity contribution in [2.24, 2.45) is 0 Å². The van der Waals surface area contributed by atoms with E-state index in [-0.39, 0.29) is 0 Å². The summed E-state index contributed by atoms with van der Waals surface area (Å²) in [5.74, 6) is 1.36. The van der Waals surface area contributed by atoms with Gasteiger partial charge in [0.1, 0.15) is 0 Å². The zero-order chi connectivity index (χ0) is 13.2. The number of hydrogen-bond acceptors (Lipinski definition) is 1. The molecule has 0 radical (unpaired) electrons. The summed E-state index contributed by atoms with van der Waals surface area (Å²) in [6.07, 6.45) is 9.92. The van der Waals surface area contributed by atoms with Crippen molar-refractivity contribution in [1.29, 1.82) is 0 Å². The van der Waals surface area contributed by atoms with Crippen molar-refractivity contribution in [3.05, 3.63) is 5.82 Å². The van der Waals surface area contributed by atoms with Gasteiger partial charge in [-0.05, 0) is 0 Å². The molecule has 0 saturated heterocycles. The maximum absolute atomic E-state index is 10.9. The Morgan fingerprint density at radius 2 is 1.29 bits per heavy atom. The van der Waals surface area contributed by atoms with Crippen molar-refractivity contribution >= 4 is 23.1 Å². The van der Waals surface area contributed by atoms with Gasteiger partial charge in [0.25, 0.3) is 0 Å². The summed E-state index contributed by atoms with van der Waals surface area (Å²) < 4.78 is 0. The summed E-state index contributed by atoms with van der Waals surface area (Å²) in [7, 11) is 0. The molecule has 0 bridgehead atoms. The molecule has 0 N–H and O–H groups in total. The molecule has 0 aliphatic carbocycles. The normalized spacial score (nSPS) is 13.8. The van der Waals surface area contributed by atoms with Crippen LogP contribution in [0.4, 0.5) is 0 Å². The third-order valence-corrected chi connectivity index (χ3v) is 10.2. The molecule has 0 atom stereocenters. The number of hydrogen-bond donors (Lipinski definition) is 0. The molecule has 0 amide bonds. The van der Waals surface area contributed by atoms with Crippen molar-refractivity contribution in [1.82, 2.24) is 0 Å². The predicted octanol–water partition coefficient (Wildman–Crippen LogP) is 5.44. The molecule has 0 spiro atoms. The monoisotopic (exact) mass is 278 g/mol. The molecule has 0 aliphatic rings. The van der Waals surface area contributed by atoms with E-state index < -0.39 is 5.96 Å². The van der Waals surface area contributed by atoms with Gasteiger partial charge >= 0.3 is 112 Å². The van der Waals surface area contributed by atoms with E-state index in [9.17, 15) is 4.79 Å². The quantitative estimate of drug-likeness (QED) is 0.384. The second-order valence-electron chi connectivity index (χ2n) is 5.15. The van der Waals surface area contributed by atoms with Gasteiger partial charge in [-0.15, -0.1) is 0 Å². The molecule has 0 aromatic rings. The minimum atomic E-state index is -2.41. The van der Waals surface area contributed by atoms with E-state index in [2.05, 4.69) is 20.8 Å². The van der Waals surface area contributed by atoms with Crippen molar-refractivity contribution in [3.63, 3.8) is 0 Å². The summed E-state index contributed by atoms with van der Waals surface area (Å²) in [6, 6.07) is 0. The first-order valence-electron chi connectivity index (χ1n) is 6.99. The van der Waals surface area contributed by atoms with Crippen molar-refractivity contribution < 1.29 is 4.79 Å². The molecule has 102 valence electrons. The van der Waals surface area contributed by atoms with Gasteiger partial charge in [-0.2, -0.15) is 0 Å². The first-order chi connectivity index (χ1) is 8.04. The van der Waals surface area contributed by atoms with E-state index in [0.29, 0.717) is 0 Å². The van der Waals surface area contributed by atoms with Crippen molar-refractivity contribution in [3.8, 4) is 0 Å². The Bertz CT molecular complexity index is 234. The molecule has 3 heteroatoms. The van der Waals surface area contributed by atoms with Gasteiger partial charge < -0.3 is 0 Å². The van der Waals surface area contributed by atoms with E-state index in [4.69, 9.17) is 11.2 Å². The number of rotatable bonds is 10. The summed E-state index contributed by atoms with van der Waals surface area (Å²) in [4.78, 5) is 10.9. The molecule has 0 fully saturated rings. The second-order valence-corrected chi connectivity index (χ2v) is 12.8. The molecule has 0 aliphatic heterocycles. The molecule has 0 heterocycles. The molecule has 1 nitrogen and oxygen atoms in total. The zero-order valence-corrected chi connectivity index (χ0v) is 13.3. The van der Waals surface area contributed by atoms with E-state index >= 15 is 0 Å². The number of carbonyl (C=O) groups excluding carboxylic acids is 1. The Hall–Kier alpha value is 0.170. The molecular formula is C14H28ClOP. The van der Waals surface area contributed by atoms with E-state index in [0.717, 1.165) is 57.0 Å². The minimum absolute atomic E-state index is 1.03. The molecule has 0 saturated carbocycles. The van der Waals surface area contributed by atoms with Crippen LogP contribution in [0.25, 0.3) is 0 Å². The van der Waals surface area contributed by atoms with E-state index in [1.165, 1.54) is 0 Å². The van der Waals surface area contributed by atoms with E-state index in [1.807, 2.05) is 5.94 Å². The summed E-state index contributed by atoms with van der Waals surface area (Å²) in [5.41, 5.74) is 0. The fraction of sp³-hybridized carbons (Fsp3) is 0.857. The average Bonchev–Trinajstić information content (AvgIpc) is 2.33. The average molecular weight is 279 g/mol. The van der Waals surface area contributed by atoms with Gasteiger partial charge in [-0.3, -0.25) is 0 Å². The summed E-state index contributed by atoms with van der Waals surface area (Å²) >= 11 is 7.05. The van der Waals surface area contributed by atoms with E-state index in [1.54, 1.807) is 5.82 Å². The van der Waals surface area contributed by atoms with Crippen LogP contribution in [0.2, 0.25) is 0 Å². The molecule has 0 aromatic heterocycles. The van der Waals surface area contributed by atoms with Crippen LogP contribution >= 0.6 is 17.2 Å². The Balaban J connectivity index is 4.96. The Morgan fingerprint density at radius 3 is 1.53 bits per heavy atom. The van der Waals surface area contributed by atoms with Gasteiger partial charge in [0.15, 0.2) is 0 Å². The van der Waals surface area contributed by atoms with Crippen LogP contribution in [0.3, 0.4) is 0 Å². The Labute approximate surface area is 112 Å². The zero-order valence-electron chi connectivity index (χ0n) is 11.7. The number of halogens is 1. The topological polar surface area (TPSA) is 17.1 Å². The molecule has 0 aromatic carbocycles. The van der Waals surface area contributed by atoms with Crippen LogP contribution in [0.1, 0.15) is 59.3 Å². The molecular weight excluding hydrogens is 251 g/mol. The van der Waals surface area contributed by atoms with Crippen molar-refractivity contribution in [2.75, 3.05) is 18.5 Å². The van der Waals surface area contributed by atoms with Crippen LogP contribution < -0.4 is 0 Å². The fourth-order valence-corrected chi connectivity index (χ4v) is 7.97.